The van der Waals surface area contributed by atoms with E-state index in [4.69, 9.17) is 0 Å². The van der Waals surface area contributed by atoms with Gasteiger partial charge in [-0.3, -0.25) is 10.2 Å². The highest BCUT2D eigenvalue weighted by Gasteiger charge is 2.03. The topological polar surface area (TPSA) is 24.1 Å². The third-order valence-electron chi connectivity index (χ3n) is 0.823. The fourth-order valence-corrected chi connectivity index (χ4v) is 1.51. The molecule has 1 heterocycles. The first-order valence-corrected chi connectivity index (χ1v) is 3.89. The Morgan fingerprint density at radius 1 is 1.33 bits per heavy atom. The molecule has 0 radical (unpaired) electrons. The van der Waals surface area contributed by atoms with Gasteiger partial charge in [-0.1, -0.05) is 0 Å². The molecule has 2 N–H and O–H groups in total. The quantitative estimate of drug-likeness (QED) is 0.426. The summed E-state index contributed by atoms with van der Waals surface area (Å²) in [4.78, 5) is 0. The van der Waals surface area contributed by atoms with Crippen LogP contribution < -0.4 is 10.2 Å². The Bertz CT molecular complexity index is 42.1. The summed E-state index contributed by atoms with van der Waals surface area (Å²) in [5, 5.41) is 6.55. The Morgan fingerprint density at radius 2 is 1.83 bits per heavy atom. The zero-order valence-corrected chi connectivity index (χ0v) is 4.76. The van der Waals surface area contributed by atoms with Gasteiger partial charge in [0.05, 0.1) is 0 Å². The van der Waals surface area contributed by atoms with Crippen LogP contribution in [0.5, 0.6) is 0 Å². The van der Waals surface area contributed by atoms with Crippen LogP contribution >= 0.6 is 8.22 Å². The molecule has 0 aromatic heterocycles. The molecule has 1 aliphatic heterocycles. The van der Waals surface area contributed by atoms with E-state index in [-0.39, 0.29) is 8.22 Å². The Labute approximate surface area is 39.2 Å². The van der Waals surface area contributed by atoms with Gasteiger partial charge in [0.2, 0.25) is 0 Å². The first kappa shape index (κ1) is 4.51. The monoisotopic (exact) mass is 104 g/mol. The summed E-state index contributed by atoms with van der Waals surface area (Å²) in [7, 11) is 0.0350. The van der Waals surface area contributed by atoms with E-state index < -0.39 is 0 Å². The van der Waals surface area contributed by atoms with Crippen molar-refractivity contribution in [2.75, 3.05) is 19.8 Å². The van der Waals surface area contributed by atoms with Crippen LogP contribution in [0.3, 0.4) is 0 Å². The maximum atomic E-state index is 3.27. The maximum absolute atomic E-state index is 3.27. The fourth-order valence-electron chi connectivity index (χ4n) is 0.503. The number of nitrogens with one attached hydrogen (secondary N) is 2. The van der Waals surface area contributed by atoms with Crippen LogP contribution in [0.2, 0.25) is 0 Å². The van der Waals surface area contributed by atoms with Crippen LogP contribution in [0.15, 0.2) is 0 Å². The molecular weight excluding hydrogens is 95.0 g/mol. The predicted molar refractivity (Wildman–Crippen MR) is 28.8 cm³/mol. The molecule has 36 valence electrons. The maximum Gasteiger partial charge on any atom is 0.0306 e. The molecule has 2 nitrogen and oxygen atoms in total. The minimum absolute atomic E-state index is 0.0350. The summed E-state index contributed by atoms with van der Waals surface area (Å²) in [6, 6.07) is 0. The van der Waals surface area contributed by atoms with Crippen molar-refractivity contribution >= 4 is 8.22 Å². The number of hydrogen-bond donors (Lipinski definition) is 2. The molecule has 6 heavy (non-hydrogen) atoms. The lowest BCUT2D eigenvalue weighted by Gasteiger charge is -1.97. The van der Waals surface area contributed by atoms with Crippen LogP contribution in [-0.4, -0.2) is 19.8 Å². The van der Waals surface area contributed by atoms with Gasteiger partial charge in [-0.05, 0) is 6.66 Å². The van der Waals surface area contributed by atoms with Crippen molar-refractivity contribution in [1.29, 1.82) is 0 Å². The van der Waals surface area contributed by atoms with Crippen molar-refractivity contribution in [1.82, 2.24) is 10.2 Å². The second kappa shape index (κ2) is 1.87. The van der Waals surface area contributed by atoms with E-state index in [1.165, 1.54) is 0 Å². The minimum atomic E-state index is 0.0350. The van der Waals surface area contributed by atoms with E-state index in [2.05, 4.69) is 16.8 Å². The van der Waals surface area contributed by atoms with Crippen molar-refractivity contribution in [3.05, 3.63) is 0 Å². The summed E-state index contributed by atoms with van der Waals surface area (Å²) in [6.07, 6.45) is 0. The van der Waals surface area contributed by atoms with E-state index in [0.717, 1.165) is 13.1 Å². The van der Waals surface area contributed by atoms with E-state index in [1.807, 2.05) is 0 Å². The van der Waals surface area contributed by atoms with E-state index in [9.17, 15) is 0 Å². The Kier molecular flexibility index (Phi) is 1.41. The predicted octanol–water partition coefficient (Wildman–Crippen LogP) is 0.121. The van der Waals surface area contributed by atoms with Gasteiger partial charge in [0, 0.05) is 21.3 Å². The van der Waals surface area contributed by atoms with Crippen molar-refractivity contribution in [2.45, 2.75) is 0 Å². The number of rotatable bonds is 0. The van der Waals surface area contributed by atoms with Crippen LogP contribution in [0.4, 0.5) is 0 Å². The summed E-state index contributed by atoms with van der Waals surface area (Å²) in [5.74, 6) is 0. The largest absolute Gasteiger partial charge is 0.283 e. The average molecular weight is 104 g/mol. The molecule has 0 atom stereocenters. The lowest BCUT2D eigenvalue weighted by molar-refractivity contribution is 0.942. The summed E-state index contributed by atoms with van der Waals surface area (Å²) >= 11 is 0. The van der Waals surface area contributed by atoms with E-state index >= 15 is 0 Å². The van der Waals surface area contributed by atoms with Gasteiger partial charge in [0.25, 0.3) is 0 Å². The summed E-state index contributed by atoms with van der Waals surface area (Å²) in [5.41, 5.74) is 0. The molecule has 0 aromatic carbocycles. The molecule has 0 spiro atoms. The number of hydrogen-bond acceptors (Lipinski definition) is 2. The SMILES string of the molecule is CP1NCCN1. The summed E-state index contributed by atoms with van der Waals surface area (Å²) in [6.45, 7) is 4.49. The normalized spacial score (nSPS) is 25.5. The van der Waals surface area contributed by atoms with Gasteiger partial charge in [-0.25, -0.2) is 0 Å². The molecule has 0 unspecified atom stereocenters. The van der Waals surface area contributed by atoms with Crippen molar-refractivity contribution in [3.8, 4) is 0 Å². The standard InChI is InChI=1S/C3H9N2P/c1-6-4-2-3-5-6/h4-5H,2-3H2,1H3. The minimum Gasteiger partial charge on any atom is -0.283 e. The van der Waals surface area contributed by atoms with Gasteiger partial charge in [0.15, 0.2) is 0 Å². The highest BCUT2D eigenvalue weighted by atomic mass is 31.1. The highest BCUT2D eigenvalue weighted by Crippen LogP contribution is 2.20. The lowest BCUT2D eigenvalue weighted by Crippen LogP contribution is -1.99. The van der Waals surface area contributed by atoms with Gasteiger partial charge in [-0.15, -0.1) is 0 Å². The fraction of sp³-hybridized carbons (Fsp3) is 1.00. The Balaban J connectivity index is 2.18. The Morgan fingerprint density at radius 3 is 2.00 bits per heavy atom. The third-order valence-corrected chi connectivity index (χ3v) is 2.22. The first-order valence-electron chi connectivity index (χ1n) is 2.10. The zero-order chi connectivity index (χ0) is 4.41. The Hall–Kier alpha value is 0.350. The summed E-state index contributed by atoms with van der Waals surface area (Å²) < 4.78 is 0. The smallest absolute Gasteiger partial charge is 0.0306 e. The van der Waals surface area contributed by atoms with Gasteiger partial charge in [0.1, 0.15) is 0 Å². The molecular formula is C3H9N2P. The van der Waals surface area contributed by atoms with Crippen LogP contribution in [0, 0.1) is 0 Å². The van der Waals surface area contributed by atoms with Gasteiger partial charge < -0.3 is 0 Å². The molecule has 0 aliphatic carbocycles. The molecule has 1 fully saturated rings. The molecule has 1 rings (SSSR count). The first-order chi connectivity index (χ1) is 2.89. The van der Waals surface area contributed by atoms with Crippen LogP contribution in [-0.2, 0) is 0 Å². The lowest BCUT2D eigenvalue weighted by atomic mass is 10.7. The van der Waals surface area contributed by atoms with Crippen LogP contribution in [0.1, 0.15) is 0 Å². The average Bonchev–Trinajstić information content (AvgIpc) is 1.86. The van der Waals surface area contributed by atoms with Gasteiger partial charge >= 0.3 is 0 Å². The highest BCUT2D eigenvalue weighted by molar-refractivity contribution is 7.52. The molecule has 1 aliphatic rings. The molecule has 0 amide bonds. The molecule has 1 saturated heterocycles. The second-order valence-corrected chi connectivity index (χ2v) is 3.13. The zero-order valence-electron chi connectivity index (χ0n) is 3.86. The molecule has 0 saturated carbocycles. The van der Waals surface area contributed by atoms with Gasteiger partial charge in [-0.2, -0.15) is 0 Å². The van der Waals surface area contributed by atoms with Crippen LogP contribution in [0.25, 0.3) is 0 Å². The van der Waals surface area contributed by atoms with Crippen molar-refractivity contribution < 1.29 is 0 Å². The van der Waals surface area contributed by atoms with Crippen molar-refractivity contribution in [3.63, 3.8) is 0 Å². The second-order valence-electron chi connectivity index (χ2n) is 1.38. The molecule has 3 heteroatoms. The molecule has 0 aromatic rings. The molecule has 0 bridgehead atoms. The van der Waals surface area contributed by atoms with E-state index in [0.29, 0.717) is 0 Å². The third kappa shape index (κ3) is 0.904. The van der Waals surface area contributed by atoms with E-state index in [1.54, 1.807) is 0 Å². The van der Waals surface area contributed by atoms with Crippen molar-refractivity contribution in [2.24, 2.45) is 0 Å².